The molecule has 152 valence electrons. The average molecular weight is 507 g/mol. The van der Waals surface area contributed by atoms with Gasteiger partial charge in [-0.2, -0.15) is 0 Å². The third kappa shape index (κ3) is 5.47. The van der Waals surface area contributed by atoms with E-state index >= 15 is 0 Å². The van der Waals surface area contributed by atoms with Gasteiger partial charge >= 0.3 is 0 Å². The Morgan fingerprint density at radius 1 is 1.33 bits per heavy atom. The van der Waals surface area contributed by atoms with E-state index in [2.05, 4.69) is 22.1 Å². The van der Waals surface area contributed by atoms with E-state index in [9.17, 15) is 8.42 Å². The number of likely N-dealkylation sites (N-methyl/N-ethyl adjacent to an activating group) is 1. The number of nitrogens with two attached hydrogens (primary N) is 1. The second kappa shape index (κ2) is 9.92. The summed E-state index contributed by atoms with van der Waals surface area (Å²) in [5.41, 5.74) is 7.80. The quantitative estimate of drug-likeness (QED) is 0.331. The Labute approximate surface area is 179 Å². The second-order valence-corrected chi connectivity index (χ2v) is 8.86. The number of nitrogens with zero attached hydrogens (tertiary/aromatic N) is 3. The smallest absolute Gasteiger partial charge is 0.236 e. The van der Waals surface area contributed by atoms with Crippen LogP contribution < -0.4 is 15.4 Å². The van der Waals surface area contributed by atoms with Crippen LogP contribution in [0, 0.1) is 0 Å². The summed E-state index contributed by atoms with van der Waals surface area (Å²) in [6, 6.07) is 8.11. The number of guanidine groups is 1. The summed E-state index contributed by atoms with van der Waals surface area (Å²) >= 11 is 0. The van der Waals surface area contributed by atoms with Crippen molar-refractivity contribution in [3.63, 3.8) is 0 Å². The Morgan fingerprint density at radius 3 is 2.89 bits per heavy atom. The van der Waals surface area contributed by atoms with Crippen molar-refractivity contribution >= 4 is 45.6 Å². The van der Waals surface area contributed by atoms with E-state index < -0.39 is 10.0 Å². The molecule has 1 fully saturated rings. The maximum absolute atomic E-state index is 12.6. The predicted molar refractivity (Wildman–Crippen MR) is 121 cm³/mol. The first-order chi connectivity index (χ1) is 12.5. The molecule has 0 aliphatic carbocycles. The molecule has 0 aromatic heterocycles. The second-order valence-electron chi connectivity index (χ2n) is 6.84. The van der Waals surface area contributed by atoms with Crippen molar-refractivity contribution in [2.24, 2.45) is 10.7 Å². The molecule has 1 unspecified atom stereocenters. The summed E-state index contributed by atoms with van der Waals surface area (Å²) < 4.78 is 26.8. The Bertz CT molecular complexity index is 756. The number of benzene rings is 1. The number of hydrogen-bond donors (Lipinski definition) is 2. The van der Waals surface area contributed by atoms with Crippen molar-refractivity contribution in [2.45, 2.75) is 32.2 Å². The molecule has 3 rings (SSSR count). The van der Waals surface area contributed by atoms with Crippen LogP contribution in [0.4, 0.5) is 5.69 Å². The summed E-state index contributed by atoms with van der Waals surface area (Å²) in [7, 11) is -3.36. The van der Waals surface area contributed by atoms with Gasteiger partial charge in [-0.3, -0.25) is 14.2 Å². The van der Waals surface area contributed by atoms with Crippen LogP contribution in [0.15, 0.2) is 29.3 Å². The average Bonchev–Trinajstić information content (AvgIpc) is 3.26. The molecule has 27 heavy (non-hydrogen) atoms. The first-order valence-corrected chi connectivity index (χ1v) is 11.0. The van der Waals surface area contributed by atoms with Gasteiger partial charge in [0.25, 0.3) is 0 Å². The molecule has 0 saturated carbocycles. The number of sulfonamides is 1. The van der Waals surface area contributed by atoms with Gasteiger partial charge in [-0.25, -0.2) is 8.42 Å². The Morgan fingerprint density at radius 2 is 2.11 bits per heavy atom. The number of anilines is 1. The van der Waals surface area contributed by atoms with Crippen molar-refractivity contribution in [1.82, 2.24) is 10.2 Å². The summed E-state index contributed by atoms with van der Waals surface area (Å²) in [5.74, 6) is 0.326. The SMILES string of the molecule is CCN1CCCC1CN=C(N)NCCS(=O)(=O)N1CCc2ccccc21.I. The van der Waals surface area contributed by atoms with Gasteiger partial charge in [-0.15, -0.1) is 24.0 Å². The van der Waals surface area contributed by atoms with Gasteiger partial charge in [-0.1, -0.05) is 25.1 Å². The zero-order valence-electron chi connectivity index (χ0n) is 15.8. The summed E-state index contributed by atoms with van der Waals surface area (Å²) in [4.78, 5) is 6.80. The molecular formula is C18H30IN5O2S. The molecular weight excluding hydrogens is 477 g/mol. The number of aliphatic imine (C=N–C) groups is 1. The molecule has 2 heterocycles. The molecule has 0 amide bonds. The zero-order valence-corrected chi connectivity index (χ0v) is 18.9. The highest BCUT2D eigenvalue weighted by Crippen LogP contribution is 2.29. The minimum Gasteiger partial charge on any atom is -0.370 e. The van der Waals surface area contributed by atoms with Gasteiger partial charge in [0.05, 0.1) is 18.0 Å². The van der Waals surface area contributed by atoms with Crippen molar-refractivity contribution in [3.05, 3.63) is 29.8 Å². The van der Waals surface area contributed by atoms with Gasteiger partial charge in [0.1, 0.15) is 0 Å². The van der Waals surface area contributed by atoms with Crippen molar-refractivity contribution in [2.75, 3.05) is 42.8 Å². The third-order valence-corrected chi connectivity index (χ3v) is 6.99. The molecule has 7 nitrogen and oxygen atoms in total. The van der Waals surface area contributed by atoms with Crippen LogP contribution in [0.1, 0.15) is 25.3 Å². The fourth-order valence-corrected chi connectivity index (χ4v) is 5.22. The minimum atomic E-state index is -3.36. The van der Waals surface area contributed by atoms with Crippen molar-refractivity contribution < 1.29 is 8.42 Å². The Kier molecular flexibility index (Phi) is 8.17. The first kappa shape index (κ1) is 22.2. The lowest BCUT2D eigenvalue weighted by molar-refractivity contribution is 0.273. The van der Waals surface area contributed by atoms with Gasteiger partial charge in [0.15, 0.2) is 5.96 Å². The maximum Gasteiger partial charge on any atom is 0.236 e. The number of rotatable bonds is 7. The standard InChI is InChI=1S/C18H29N5O2S.HI/c1-2-22-11-5-7-16(22)14-21-18(19)20-10-13-26(24,25)23-12-9-15-6-3-4-8-17(15)23;/h3-4,6,8,16H,2,5,7,9-14H2,1H3,(H3,19,20,21);1H. The molecule has 1 saturated heterocycles. The van der Waals surface area contributed by atoms with E-state index in [0.29, 0.717) is 25.1 Å². The fraction of sp³-hybridized carbons (Fsp3) is 0.611. The van der Waals surface area contributed by atoms with Crippen LogP contribution in [0.25, 0.3) is 0 Å². The van der Waals surface area contributed by atoms with Gasteiger partial charge in [0.2, 0.25) is 10.0 Å². The summed E-state index contributed by atoms with van der Waals surface area (Å²) in [6.07, 6.45) is 3.12. The molecule has 2 aliphatic rings. The molecule has 9 heteroatoms. The number of halogens is 1. The van der Waals surface area contributed by atoms with Crippen molar-refractivity contribution in [1.29, 1.82) is 0 Å². The molecule has 1 atom stereocenters. The maximum atomic E-state index is 12.6. The Hall–Kier alpha value is -1.07. The van der Waals surface area contributed by atoms with E-state index in [4.69, 9.17) is 5.73 Å². The number of fused-ring (bicyclic) bond motifs is 1. The van der Waals surface area contributed by atoms with E-state index in [1.54, 1.807) is 0 Å². The van der Waals surface area contributed by atoms with E-state index in [-0.39, 0.29) is 36.3 Å². The topological polar surface area (TPSA) is 91.0 Å². The Balaban J connectivity index is 0.00000261. The summed E-state index contributed by atoms with van der Waals surface area (Å²) in [5, 5.41) is 2.95. The fourth-order valence-electron chi connectivity index (χ4n) is 3.79. The molecule has 0 spiro atoms. The lowest BCUT2D eigenvalue weighted by Crippen LogP contribution is -2.40. The zero-order chi connectivity index (χ0) is 18.6. The van der Waals surface area contributed by atoms with Crippen molar-refractivity contribution in [3.8, 4) is 0 Å². The van der Waals surface area contributed by atoms with Gasteiger partial charge in [-0.05, 0) is 44.0 Å². The number of para-hydroxylation sites is 1. The number of hydrogen-bond acceptors (Lipinski definition) is 4. The summed E-state index contributed by atoms with van der Waals surface area (Å²) in [6.45, 7) is 5.75. The normalized spacial score (nSPS) is 20.4. The highest BCUT2D eigenvalue weighted by molar-refractivity contribution is 14.0. The highest BCUT2D eigenvalue weighted by Gasteiger charge is 2.28. The minimum absolute atomic E-state index is 0. The number of likely N-dealkylation sites (tertiary alicyclic amines) is 1. The van der Waals surface area contributed by atoms with E-state index in [0.717, 1.165) is 37.2 Å². The van der Waals surface area contributed by atoms with Crippen LogP contribution in [0.3, 0.4) is 0 Å². The molecule has 1 aromatic carbocycles. The van der Waals surface area contributed by atoms with Crippen LogP contribution in [0.5, 0.6) is 0 Å². The lowest BCUT2D eigenvalue weighted by Gasteiger charge is -2.21. The lowest BCUT2D eigenvalue weighted by atomic mass is 10.2. The molecule has 2 aliphatic heterocycles. The van der Waals surface area contributed by atoms with Crippen LogP contribution >= 0.6 is 24.0 Å². The third-order valence-electron chi connectivity index (χ3n) is 5.22. The van der Waals surface area contributed by atoms with Gasteiger partial charge in [0, 0.05) is 19.1 Å². The molecule has 1 aromatic rings. The van der Waals surface area contributed by atoms with Crippen LogP contribution in [-0.2, 0) is 16.4 Å². The largest absolute Gasteiger partial charge is 0.370 e. The van der Waals surface area contributed by atoms with E-state index in [1.165, 1.54) is 10.7 Å². The monoisotopic (exact) mass is 507 g/mol. The molecule has 3 N–H and O–H groups in total. The first-order valence-electron chi connectivity index (χ1n) is 9.37. The van der Waals surface area contributed by atoms with Gasteiger partial charge < -0.3 is 11.1 Å². The highest BCUT2D eigenvalue weighted by atomic mass is 127. The van der Waals surface area contributed by atoms with Crippen LogP contribution in [-0.4, -0.2) is 63.8 Å². The molecule has 0 bridgehead atoms. The number of nitrogens with one attached hydrogen (secondary N) is 1. The predicted octanol–water partition coefficient (Wildman–Crippen LogP) is 1.39. The van der Waals surface area contributed by atoms with Crippen LogP contribution in [0.2, 0.25) is 0 Å². The molecule has 0 radical (unpaired) electrons. The van der Waals surface area contributed by atoms with E-state index in [1.807, 2.05) is 24.3 Å².